The van der Waals surface area contributed by atoms with Gasteiger partial charge in [-0.3, -0.25) is 9.78 Å². The molecule has 1 heterocycles. The van der Waals surface area contributed by atoms with E-state index in [1.54, 1.807) is 6.92 Å². The Morgan fingerprint density at radius 2 is 1.70 bits per heavy atom. The van der Waals surface area contributed by atoms with Crippen molar-refractivity contribution < 1.29 is 18.0 Å². The molecule has 3 rings (SSSR count). The highest BCUT2D eigenvalue weighted by atomic mass is 19.1. The second-order valence-corrected chi connectivity index (χ2v) is 5.05. The molecule has 0 aliphatic heterocycles. The van der Waals surface area contributed by atoms with Crippen LogP contribution in [-0.4, -0.2) is 10.9 Å². The summed E-state index contributed by atoms with van der Waals surface area (Å²) in [5, 5.41) is 2.60. The third-order valence-corrected chi connectivity index (χ3v) is 3.32. The maximum Gasteiger partial charge on any atom is 0.256 e. The summed E-state index contributed by atoms with van der Waals surface area (Å²) in [5.41, 5.74) is 0.843. The van der Waals surface area contributed by atoms with E-state index in [0.717, 1.165) is 18.2 Å². The number of pyridine rings is 1. The van der Waals surface area contributed by atoms with Crippen LogP contribution in [0.1, 0.15) is 16.1 Å². The van der Waals surface area contributed by atoms with Crippen molar-refractivity contribution >= 4 is 22.5 Å². The number of aryl methyl sites for hydroxylation is 1. The maximum absolute atomic E-state index is 13.6. The molecule has 0 unspecified atom stereocenters. The van der Waals surface area contributed by atoms with E-state index < -0.39 is 23.4 Å². The molecule has 0 bridgehead atoms. The van der Waals surface area contributed by atoms with Gasteiger partial charge < -0.3 is 5.32 Å². The summed E-state index contributed by atoms with van der Waals surface area (Å²) in [6, 6.07) is 8.09. The minimum atomic E-state index is -0.763. The monoisotopic (exact) mass is 316 g/mol. The molecule has 0 radical (unpaired) electrons. The molecule has 23 heavy (non-hydrogen) atoms. The quantitative estimate of drug-likeness (QED) is 0.769. The summed E-state index contributed by atoms with van der Waals surface area (Å²) in [6.45, 7) is 1.68. The summed E-state index contributed by atoms with van der Waals surface area (Å²) in [7, 11) is 0. The third-order valence-electron chi connectivity index (χ3n) is 3.32. The van der Waals surface area contributed by atoms with Crippen molar-refractivity contribution in [2.75, 3.05) is 5.32 Å². The number of amides is 1. The van der Waals surface area contributed by atoms with E-state index in [0.29, 0.717) is 16.6 Å². The van der Waals surface area contributed by atoms with Crippen molar-refractivity contribution in [3.05, 3.63) is 71.2 Å². The second kappa shape index (κ2) is 5.72. The first-order valence-corrected chi connectivity index (χ1v) is 6.77. The van der Waals surface area contributed by atoms with Crippen molar-refractivity contribution in [1.82, 2.24) is 4.98 Å². The lowest BCUT2D eigenvalue weighted by atomic mass is 10.1. The van der Waals surface area contributed by atoms with E-state index in [1.807, 2.05) is 0 Å². The molecular weight excluding hydrogens is 305 g/mol. The Morgan fingerprint density at radius 3 is 2.48 bits per heavy atom. The smallest absolute Gasteiger partial charge is 0.256 e. The van der Waals surface area contributed by atoms with Crippen LogP contribution < -0.4 is 5.32 Å². The lowest BCUT2D eigenvalue weighted by Gasteiger charge is -2.10. The molecule has 0 aliphatic carbocycles. The first-order valence-electron chi connectivity index (χ1n) is 6.77. The molecule has 0 saturated heterocycles. The number of anilines is 1. The van der Waals surface area contributed by atoms with Gasteiger partial charge in [-0.2, -0.15) is 0 Å². The van der Waals surface area contributed by atoms with Crippen LogP contribution in [0.5, 0.6) is 0 Å². The second-order valence-electron chi connectivity index (χ2n) is 5.05. The SMILES string of the molecule is Cc1cc(C(=O)Nc2cc(F)ccc2F)c2cc(F)ccc2n1. The largest absolute Gasteiger partial charge is 0.319 e. The van der Waals surface area contributed by atoms with Crippen LogP contribution in [0, 0.1) is 24.4 Å². The predicted octanol–water partition coefficient (Wildman–Crippen LogP) is 4.21. The van der Waals surface area contributed by atoms with E-state index in [4.69, 9.17) is 0 Å². The lowest BCUT2D eigenvalue weighted by molar-refractivity contribution is 0.102. The number of carbonyl (C=O) groups excluding carboxylic acids is 1. The average Bonchev–Trinajstić information content (AvgIpc) is 2.50. The van der Waals surface area contributed by atoms with Gasteiger partial charge in [-0.05, 0) is 43.3 Å². The standard InChI is InChI=1S/C17H11F3N2O/c1-9-6-13(12-7-10(18)3-5-15(12)21-9)17(23)22-16-8-11(19)2-4-14(16)20/h2-8H,1H3,(H,22,23). The summed E-state index contributed by atoms with van der Waals surface area (Å²) < 4.78 is 40.3. The molecule has 0 fully saturated rings. The number of halogens is 3. The number of carbonyl (C=O) groups is 1. The summed E-state index contributed by atoms with van der Waals surface area (Å²) in [5.74, 6) is -2.63. The van der Waals surface area contributed by atoms with Gasteiger partial charge in [-0.15, -0.1) is 0 Å². The van der Waals surface area contributed by atoms with Crippen LogP contribution in [0.3, 0.4) is 0 Å². The highest BCUT2D eigenvalue weighted by Crippen LogP contribution is 2.22. The Bertz CT molecular complexity index is 925. The number of hydrogen-bond donors (Lipinski definition) is 1. The molecule has 2 aromatic carbocycles. The summed E-state index contributed by atoms with van der Waals surface area (Å²) in [4.78, 5) is 16.6. The molecule has 3 nitrogen and oxygen atoms in total. The van der Waals surface area contributed by atoms with E-state index in [-0.39, 0.29) is 11.3 Å². The van der Waals surface area contributed by atoms with Crippen molar-refractivity contribution in [1.29, 1.82) is 0 Å². The Kier molecular flexibility index (Phi) is 3.73. The lowest BCUT2D eigenvalue weighted by Crippen LogP contribution is -2.14. The number of nitrogens with zero attached hydrogens (tertiary/aromatic N) is 1. The molecule has 0 aliphatic rings. The fourth-order valence-corrected chi connectivity index (χ4v) is 2.30. The molecule has 1 aromatic heterocycles. The van der Waals surface area contributed by atoms with Crippen LogP contribution in [-0.2, 0) is 0 Å². The van der Waals surface area contributed by atoms with Crippen molar-refractivity contribution in [3.8, 4) is 0 Å². The van der Waals surface area contributed by atoms with Crippen LogP contribution in [0.15, 0.2) is 42.5 Å². The van der Waals surface area contributed by atoms with Crippen LogP contribution >= 0.6 is 0 Å². The number of aromatic nitrogens is 1. The minimum absolute atomic E-state index is 0.135. The van der Waals surface area contributed by atoms with Gasteiger partial charge in [0.25, 0.3) is 5.91 Å². The fourth-order valence-electron chi connectivity index (χ4n) is 2.30. The van der Waals surface area contributed by atoms with E-state index >= 15 is 0 Å². The van der Waals surface area contributed by atoms with Gasteiger partial charge in [-0.1, -0.05) is 0 Å². The first-order chi connectivity index (χ1) is 10.9. The number of nitrogens with one attached hydrogen (secondary N) is 1. The highest BCUT2D eigenvalue weighted by molar-refractivity contribution is 6.12. The number of benzene rings is 2. The van der Waals surface area contributed by atoms with E-state index in [1.165, 1.54) is 24.3 Å². The maximum atomic E-state index is 13.6. The predicted molar refractivity (Wildman–Crippen MR) is 80.7 cm³/mol. The van der Waals surface area contributed by atoms with Gasteiger partial charge >= 0.3 is 0 Å². The van der Waals surface area contributed by atoms with Gasteiger partial charge in [0.15, 0.2) is 0 Å². The van der Waals surface area contributed by atoms with Crippen LogP contribution in [0.2, 0.25) is 0 Å². The van der Waals surface area contributed by atoms with Gasteiger partial charge in [0.05, 0.1) is 16.8 Å². The average molecular weight is 316 g/mol. The molecule has 0 spiro atoms. The Hall–Kier alpha value is -2.89. The molecule has 116 valence electrons. The van der Waals surface area contributed by atoms with Crippen molar-refractivity contribution in [2.24, 2.45) is 0 Å². The van der Waals surface area contributed by atoms with Gasteiger partial charge in [0, 0.05) is 17.1 Å². The zero-order valence-electron chi connectivity index (χ0n) is 12.0. The highest BCUT2D eigenvalue weighted by Gasteiger charge is 2.15. The summed E-state index contributed by atoms with van der Waals surface area (Å²) >= 11 is 0. The minimum Gasteiger partial charge on any atom is -0.319 e. The Labute approximate surface area is 129 Å². The summed E-state index contributed by atoms with van der Waals surface area (Å²) in [6.07, 6.45) is 0. The van der Waals surface area contributed by atoms with E-state index in [2.05, 4.69) is 10.3 Å². The molecule has 3 aromatic rings. The van der Waals surface area contributed by atoms with Gasteiger partial charge in [-0.25, -0.2) is 13.2 Å². The van der Waals surface area contributed by atoms with E-state index in [9.17, 15) is 18.0 Å². The molecule has 1 N–H and O–H groups in total. The number of fused-ring (bicyclic) bond motifs is 1. The number of rotatable bonds is 2. The molecular formula is C17H11F3N2O. The van der Waals surface area contributed by atoms with Crippen molar-refractivity contribution in [2.45, 2.75) is 6.92 Å². The molecule has 0 atom stereocenters. The Balaban J connectivity index is 2.07. The Morgan fingerprint density at radius 1 is 1.00 bits per heavy atom. The molecule has 6 heteroatoms. The van der Waals surface area contributed by atoms with Gasteiger partial charge in [0.1, 0.15) is 17.5 Å². The zero-order chi connectivity index (χ0) is 16.6. The molecule has 0 saturated carbocycles. The molecule has 1 amide bonds. The van der Waals surface area contributed by atoms with Crippen molar-refractivity contribution in [3.63, 3.8) is 0 Å². The first kappa shape index (κ1) is 15.0. The normalized spacial score (nSPS) is 10.8. The topological polar surface area (TPSA) is 42.0 Å². The third kappa shape index (κ3) is 3.01. The fraction of sp³-hybridized carbons (Fsp3) is 0.0588. The number of hydrogen-bond acceptors (Lipinski definition) is 2. The zero-order valence-corrected chi connectivity index (χ0v) is 12.0. The van der Waals surface area contributed by atoms with Crippen LogP contribution in [0.25, 0.3) is 10.9 Å². The van der Waals surface area contributed by atoms with Crippen LogP contribution in [0.4, 0.5) is 18.9 Å². The van der Waals surface area contributed by atoms with Gasteiger partial charge in [0.2, 0.25) is 0 Å².